The van der Waals surface area contributed by atoms with Crippen molar-refractivity contribution < 1.29 is 14.2 Å². The predicted octanol–water partition coefficient (Wildman–Crippen LogP) is 3.01. The lowest BCUT2D eigenvalue weighted by Gasteiger charge is -2.13. The summed E-state index contributed by atoms with van der Waals surface area (Å²) in [7, 11) is 4.54. The molecule has 136 valence electrons. The molecule has 0 fully saturated rings. The Labute approximate surface area is 155 Å². The molecule has 1 N–H and O–H groups in total. The zero-order valence-electron chi connectivity index (χ0n) is 15.1. The van der Waals surface area contributed by atoms with E-state index in [9.17, 15) is 10.1 Å². The van der Waals surface area contributed by atoms with Crippen molar-refractivity contribution in [3.8, 4) is 23.3 Å². The molecule has 0 aliphatic heterocycles. The second-order valence-corrected chi connectivity index (χ2v) is 5.56. The molecule has 0 spiro atoms. The molecule has 0 saturated carbocycles. The van der Waals surface area contributed by atoms with Crippen molar-refractivity contribution in [2.75, 3.05) is 21.3 Å². The normalized spacial score (nSPS) is 11.1. The number of fused-ring (bicyclic) bond motifs is 1. The van der Waals surface area contributed by atoms with Crippen LogP contribution in [0.1, 0.15) is 11.4 Å². The Bertz CT molecular complexity index is 1100. The van der Waals surface area contributed by atoms with Crippen LogP contribution < -0.4 is 19.8 Å². The lowest BCUT2D eigenvalue weighted by molar-refractivity contribution is 0.324. The number of methoxy groups -OCH3 is 3. The number of H-pyrrole nitrogens is 1. The van der Waals surface area contributed by atoms with Gasteiger partial charge in [-0.15, -0.1) is 0 Å². The number of rotatable bonds is 5. The first kappa shape index (κ1) is 18.0. The summed E-state index contributed by atoms with van der Waals surface area (Å²) < 4.78 is 16.0. The number of para-hydroxylation sites is 1. The Morgan fingerprint density at radius 2 is 1.78 bits per heavy atom. The summed E-state index contributed by atoms with van der Waals surface area (Å²) in [6, 6.07) is 12.4. The monoisotopic (exact) mass is 363 g/mol. The van der Waals surface area contributed by atoms with Crippen LogP contribution in [0.5, 0.6) is 17.2 Å². The third-order valence-corrected chi connectivity index (χ3v) is 3.99. The highest BCUT2D eigenvalue weighted by atomic mass is 16.5. The van der Waals surface area contributed by atoms with Crippen LogP contribution in [0.15, 0.2) is 41.2 Å². The van der Waals surface area contributed by atoms with Crippen LogP contribution in [-0.2, 0) is 0 Å². The summed E-state index contributed by atoms with van der Waals surface area (Å²) in [4.78, 5) is 19.3. The van der Waals surface area contributed by atoms with Crippen LogP contribution >= 0.6 is 0 Å². The minimum Gasteiger partial charge on any atom is -0.493 e. The molecular weight excluding hydrogens is 346 g/mol. The molecule has 7 heteroatoms. The first-order chi connectivity index (χ1) is 13.1. The molecule has 1 heterocycles. The maximum Gasteiger partial charge on any atom is 0.259 e. The quantitative estimate of drug-likeness (QED) is 0.700. The van der Waals surface area contributed by atoms with Gasteiger partial charge in [0.25, 0.3) is 5.56 Å². The molecule has 3 rings (SSSR count). The van der Waals surface area contributed by atoms with Gasteiger partial charge < -0.3 is 19.2 Å². The van der Waals surface area contributed by atoms with E-state index in [1.807, 2.05) is 0 Å². The van der Waals surface area contributed by atoms with Gasteiger partial charge in [-0.2, -0.15) is 5.26 Å². The Hall–Kier alpha value is -3.79. The third-order valence-electron chi connectivity index (χ3n) is 3.99. The SMILES string of the molecule is COc1cc(/C=C(\C#N)c2nc3ccccc3c(=O)[nH]2)cc(OC)c1OC. The van der Waals surface area contributed by atoms with Crippen molar-refractivity contribution >= 4 is 22.6 Å². The van der Waals surface area contributed by atoms with Gasteiger partial charge in [0, 0.05) is 0 Å². The van der Waals surface area contributed by atoms with Crippen LogP contribution in [0, 0.1) is 11.3 Å². The summed E-state index contributed by atoms with van der Waals surface area (Å²) in [6.07, 6.45) is 1.59. The molecule has 0 bridgehead atoms. The van der Waals surface area contributed by atoms with E-state index in [1.54, 1.807) is 42.5 Å². The van der Waals surface area contributed by atoms with Gasteiger partial charge in [-0.05, 0) is 35.9 Å². The highest BCUT2D eigenvalue weighted by Gasteiger charge is 2.14. The van der Waals surface area contributed by atoms with Crippen molar-refractivity contribution in [2.24, 2.45) is 0 Å². The maximum absolute atomic E-state index is 12.3. The van der Waals surface area contributed by atoms with Crippen molar-refractivity contribution in [1.29, 1.82) is 5.26 Å². The van der Waals surface area contributed by atoms with Crippen molar-refractivity contribution in [3.63, 3.8) is 0 Å². The number of aromatic nitrogens is 2. The van der Waals surface area contributed by atoms with Crippen LogP contribution in [0.3, 0.4) is 0 Å². The number of nitriles is 1. The van der Waals surface area contributed by atoms with Crippen molar-refractivity contribution in [2.45, 2.75) is 0 Å². The topological polar surface area (TPSA) is 97.2 Å². The Kier molecular flexibility index (Phi) is 5.08. The maximum atomic E-state index is 12.3. The van der Waals surface area contributed by atoms with Gasteiger partial charge in [-0.3, -0.25) is 4.79 Å². The lowest BCUT2D eigenvalue weighted by Crippen LogP contribution is -2.11. The molecule has 3 aromatic rings. The zero-order valence-corrected chi connectivity index (χ0v) is 15.1. The highest BCUT2D eigenvalue weighted by molar-refractivity contribution is 5.89. The van der Waals surface area contributed by atoms with Crippen molar-refractivity contribution in [1.82, 2.24) is 9.97 Å². The molecule has 0 amide bonds. The fourth-order valence-corrected chi connectivity index (χ4v) is 2.72. The summed E-state index contributed by atoms with van der Waals surface area (Å²) in [5, 5.41) is 10.1. The smallest absolute Gasteiger partial charge is 0.259 e. The molecular formula is C20H17N3O4. The summed E-state index contributed by atoms with van der Waals surface area (Å²) >= 11 is 0. The average Bonchev–Trinajstić information content (AvgIpc) is 2.71. The third kappa shape index (κ3) is 3.46. The standard InChI is InChI=1S/C20H17N3O4/c1-25-16-9-12(10-17(26-2)18(16)27-3)8-13(11-21)19-22-15-7-5-4-6-14(15)20(24)23-19/h4-10H,1-3H3,(H,22,23,24)/b13-8+. The van der Waals surface area contributed by atoms with Gasteiger partial charge in [-0.25, -0.2) is 4.98 Å². The average molecular weight is 363 g/mol. The lowest BCUT2D eigenvalue weighted by atomic mass is 10.1. The van der Waals surface area contributed by atoms with Gasteiger partial charge in [0.05, 0.1) is 37.8 Å². The Morgan fingerprint density at radius 1 is 1.11 bits per heavy atom. The van der Waals surface area contributed by atoms with E-state index >= 15 is 0 Å². The number of hydrogen-bond donors (Lipinski definition) is 1. The van der Waals surface area contributed by atoms with Crippen molar-refractivity contribution in [3.05, 3.63) is 58.1 Å². The molecule has 0 aliphatic rings. The number of hydrogen-bond acceptors (Lipinski definition) is 6. The molecule has 0 saturated heterocycles. The summed E-state index contributed by atoms with van der Waals surface area (Å²) in [6.45, 7) is 0. The summed E-state index contributed by atoms with van der Waals surface area (Å²) in [5.41, 5.74) is 1.05. The first-order valence-corrected chi connectivity index (χ1v) is 8.02. The first-order valence-electron chi connectivity index (χ1n) is 8.02. The largest absolute Gasteiger partial charge is 0.493 e. The van der Waals surface area contributed by atoms with Crippen LogP contribution in [0.25, 0.3) is 22.6 Å². The van der Waals surface area contributed by atoms with Crippen LogP contribution in [0.4, 0.5) is 0 Å². The molecule has 7 nitrogen and oxygen atoms in total. The fraction of sp³-hybridized carbons (Fsp3) is 0.150. The molecule has 0 unspecified atom stereocenters. The number of ether oxygens (including phenoxy) is 3. The van der Waals surface area contributed by atoms with E-state index in [0.29, 0.717) is 33.7 Å². The molecule has 0 aliphatic carbocycles. The number of nitrogens with zero attached hydrogens (tertiary/aromatic N) is 2. The number of aromatic amines is 1. The van der Waals surface area contributed by atoms with E-state index in [1.165, 1.54) is 21.3 Å². The van der Waals surface area contributed by atoms with Gasteiger partial charge in [0.15, 0.2) is 17.3 Å². The highest BCUT2D eigenvalue weighted by Crippen LogP contribution is 2.39. The van der Waals surface area contributed by atoms with Gasteiger partial charge >= 0.3 is 0 Å². The van der Waals surface area contributed by atoms with Crippen LogP contribution in [0.2, 0.25) is 0 Å². The van der Waals surface area contributed by atoms with E-state index in [2.05, 4.69) is 16.0 Å². The van der Waals surface area contributed by atoms with Gasteiger partial charge in [-0.1, -0.05) is 12.1 Å². The zero-order chi connectivity index (χ0) is 19.4. The minimum atomic E-state index is -0.304. The van der Waals surface area contributed by atoms with E-state index in [4.69, 9.17) is 14.2 Å². The van der Waals surface area contributed by atoms with E-state index in [-0.39, 0.29) is 17.0 Å². The molecule has 0 atom stereocenters. The van der Waals surface area contributed by atoms with Gasteiger partial charge in [0.1, 0.15) is 6.07 Å². The Balaban J connectivity index is 2.15. The number of benzene rings is 2. The predicted molar refractivity (Wildman–Crippen MR) is 102 cm³/mol. The Morgan fingerprint density at radius 3 is 2.37 bits per heavy atom. The molecule has 2 aromatic carbocycles. The van der Waals surface area contributed by atoms with E-state index in [0.717, 1.165) is 0 Å². The molecule has 0 radical (unpaired) electrons. The second-order valence-electron chi connectivity index (χ2n) is 5.56. The number of nitrogens with one attached hydrogen (secondary N) is 1. The fourth-order valence-electron chi connectivity index (χ4n) is 2.72. The summed E-state index contributed by atoms with van der Waals surface area (Å²) in [5.74, 6) is 1.56. The van der Waals surface area contributed by atoms with Crippen LogP contribution in [-0.4, -0.2) is 31.3 Å². The number of allylic oxidation sites excluding steroid dienone is 1. The molecule has 27 heavy (non-hydrogen) atoms. The van der Waals surface area contributed by atoms with Gasteiger partial charge in [0.2, 0.25) is 5.75 Å². The van der Waals surface area contributed by atoms with E-state index < -0.39 is 0 Å². The second kappa shape index (κ2) is 7.62. The minimum absolute atomic E-state index is 0.190. The molecule has 1 aromatic heterocycles.